The summed E-state index contributed by atoms with van der Waals surface area (Å²) in [5.74, 6) is 0.780. The average molecular weight is 370 g/mol. The molecule has 2 heterocycles. The first kappa shape index (κ1) is 17.1. The SMILES string of the molecule is CCC1Oc2ccc(NC(=O)Cc3cccs3)cc2CN(C2CC2)C1=O. The van der Waals surface area contributed by atoms with Gasteiger partial charge in [0.05, 0.1) is 6.42 Å². The highest BCUT2D eigenvalue weighted by Crippen LogP contribution is 2.35. The third-order valence-electron chi connectivity index (χ3n) is 4.79. The van der Waals surface area contributed by atoms with Crippen LogP contribution in [0.1, 0.15) is 36.6 Å². The third-order valence-corrected chi connectivity index (χ3v) is 5.66. The van der Waals surface area contributed by atoms with Crippen molar-refractivity contribution in [2.45, 2.75) is 51.3 Å². The van der Waals surface area contributed by atoms with E-state index in [2.05, 4.69) is 5.32 Å². The van der Waals surface area contributed by atoms with E-state index in [9.17, 15) is 9.59 Å². The Kier molecular flexibility index (Phi) is 4.68. The van der Waals surface area contributed by atoms with Gasteiger partial charge in [0.1, 0.15) is 5.75 Å². The molecule has 4 rings (SSSR count). The topological polar surface area (TPSA) is 58.6 Å². The van der Waals surface area contributed by atoms with E-state index in [1.54, 1.807) is 11.3 Å². The van der Waals surface area contributed by atoms with Crippen LogP contribution in [0.25, 0.3) is 0 Å². The summed E-state index contributed by atoms with van der Waals surface area (Å²) in [6, 6.07) is 9.88. The number of thiophene rings is 1. The molecular weight excluding hydrogens is 348 g/mol. The van der Waals surface area contributed by atoms with Crippen molar-refractivity contribution in [1.82, 2.24) is 4.90 Å². The van der Waals surface area contributed by atoms with E-state index in [4.69, 9.17) is 4.74 Å². The van der Waals surface area contributed by atoms with Gasteiger partial charge in [-0.2, -0.15) is 0 Å². The second kappa shape index (κ2) is 7.11. The van der Waals surface area contributed by atoms with Crippen molar-refractivity contribution in [3.8, 4) is 5.75 Å². The van der Waals surface area contributed by atoms with Crippen LogP contribution in [0.2, 0.25) is 0 Å². The third kappa shape index (κ3) is 3.60. The lowest BCUT2D eigenvalue weighted by atomic mass is 10.1. The molecule has 1 aromatic heterocycles. The summed E-state index contributed by atoms with van der Waals surface area (Å²) in [4.78, 5) is 27.9. The summed E-state index contributed by atoms with van der Waals surface area (Å²) in [5, 5.41) is 4.92. The normalized spacial score (nSPS) is 19.5. The zero-order chi connectivity index (χ0) is 18.1. The number of benzene rings is 1. The van der Waals surface area contributed by atoms with Crippen molar-refractivity contribution < 1.29 is 14.3 Å². The van der Waals surface area contributed by atoms with Gasteiger partial charge in [-0.05, 0) is 48.9 Å². The fourth-order valence-corrected chi connectivity index (χ4v) is 3.98. The van der Waals surface area contributed by atoms with Crippen molar-refractivity contribution in [3.63, 3.8) is 0 Å². The Morgan fingerprint density at radius 2 is 2.19 bits per heavy atom. The zero-order valence-electron chi connectivity index (χ0n) is 14.7. The molecule has 0 saturated heterocycles. The monoisotopic (exact) mass is 370 g/mol. The van der Waals surface area contributed by atoms with E-state index in [1.165, 1.54) is 0 Å². The summed E-state index contributed by atoms with van der Waals surface area (Å²) >= 11 is 1.58. The highest BCUT2D eigenvalue weighted by Gasteiger charge is 2.38. The van der Waals surface area contributed by atoms with Gasteiger partial charge in [-0.1, -0.05) is 13.0 Å². The van der Waals surface area contributed by atoms with E-state index >= 15 is 0 Å². The molecule has 0 spiro atoms. The number of carbonyl (C=O) groups is 2. The fourth-order valence-electron chi connectivity index (χ4n) is 3.28. The number of carbonyl (C=O) groups excluding carboxylic acids is 2. The number of hydrogen-bond donors (Lipinski definition) is 1. The molecule has 1 saturated carbocycles. The van der Waals surface area contributed by atoms with Gasteiger partial charge < -0.3 is 15.0 Å². The van der Waals surface area contributed by atoms with Crippen LogP contribution in [-0.2, 0) is 22.6 Å². The Hall–Kier alpha value is -2.34. The molecule has 0 radical (unpaired) electrons. The van der Waals surface area contributed by atoms with Gasteiger partial charge in [0.2, 0.25) is 5.91 Å². The Balaban J connectivity index is 1.53. The van der Waals surface area contributed by atoms with E-state index in [0.29, 0.717) is 25.4 Å². The van der Waals surface area contributed by atoms with Crippen LogP contribution in [0, 0.1) is 0 Å². The van der Waals surface area contributed by atoms with Crippen LogP contribution in [0.4, 0.5) is 5.69 Å². The summed E-state index contributed by atoms with van der Waals surface area (Å²) in [5.41, 5.74) is 1.70. The quantitative estimate of drug-likeness (QED) is 0.875. The predicted molar refractivity (Wildman–Crippen MR) is 101 cm³/mol. The molecule has 5 nitrogen and oxygen atoms in total. The lowest BCUT2D eigenvalue weighted by Crippen LogP contribution is -2.40. The molecule has 1 aliphatic carbocycles. The molecule has 1 N–H and O–H groups in total. The molecule has 2 aromatic rings. The summed E-state index contributed by atoms with van der Waals surface area (Å²) in [6.07, 6.45) is 2.73. The lowest BCUT2D eigenvalue weighted by molar-refractivity contribution is -0.139. The molecular formula is C20H22N2O3S. The van der Waals surface area contributed by atoms with E-state index in [0.717, 1.165) is 34.7 Å². The maximum atomic E-state index is 12.7. The van der Waals surface area contributed by atoms with E-state index < -0.39 is 6.10 Å². The summed E-state index contributed by atoms with van der Waals surface area (Å²) in [6.45, 7) is 2.52. The first-order chi connectivity index (χ1) is 12.6. The molecule has 2 amide bonds. The highest BCUT2D eigenvalue weighted by atomic mass is 32.1. The Morgan fingerprint density at radius 3 is 2.88 bits per heavy atom. The van der Waals surface area contributed by atoms with Crippen LogP contribution in [-0.4, -0.2) is 28.9 Å². The van der Waals surface area contributed by atoms with Crippen LogP contribution >= 0.6 is 11.3 Å². The molecule has 0 bridgehead atoms. The predicted octanol–water partition coefficient (Wildman–Crippen LogP) is 3.59. The Labute approximate surface area is 157 Å². The van der Waals surface area contributed by atoms with Crippen LogP contribution in [0.5, 0.6) is 5.75 Å². The van der Waals surface area contributed by atoms with Gasteiger partial charge in [0, 0.05) is 28.7 Å². The van der Waals surface area contributed by atoms with Gasteiger partial charge in [0.25, 0.3) is 5.91 Å². The number of rotatable bonds is 5. The second-order valence-corrected chi connectivity index (χ2v) is 7.87. The molecule has 1 atom stereocenters. The van der Waals surface area contributed by atoms with Crippen molar-refractivity contribution in [2.24, 2.45) is 0 Å². The van der Waals surface area contributed by atoms with Crippen molar-refractivity contribution in [1.29, 1.82) is 0 Å². The molecule has 26 heavy (non-hydrogen) atoms. The Morgan fingerprint density at radius 1 is 1.35 bits per heavy atom. The first-order valence-corrected chi connectivity index (χ1v) is 9.94. The van der Waals surface area contributed by atoms with Crippen LogP contribution < -0.4 is 10.1 Å². The fraction of sp³-hybridized carbons (Fsp3) is 0.400. The molecule has 2 aliphatic rings. The largest absolute Gasteiger partial charge is 0.480 e. The smallest absolute Gasteiger partial charge is 0.264 e. The number of ether oxygens (including phenoxy) is 1. The molecule has 1 fully saturated rings. The number of nitrogens with zero attached hydrogens (tertiary/aromatic N) is 1. The van der Waals surface area contributed by atoms with Gasteiger partial charge in [0.15, 0.2) is 6.10 Å². The number of fused-ring (bicyclic) bond motifs is 1. The maximum absolute atomic E-state index is 12.7. The highest BCUT2D eigenvalue weighted by molar-refractivity contribution is 7.10. The van der Waals surface area contributed by atoms with Crippen molar-refractivity contribution in [3.05, 3.63) is 46.2 Å². The minimum absolute atomic E-state index is 0.0384. The number of hydrogen-bond acceptors (Lipinski definition) is 4. The number of amides is 2. The van der Waals surface area contributed by atoms with Gasteiger partial charge in [-0.3, -0.25) is 9.59 Å². The standard InChI is InChI=1S/C20H22N2O3S/c1-2-17-20(24)22(15-6-7-15)12-13-10-14(5-8-18(13)25-17)21-19(23)11-16-4-3-9-26-16/h3-5,8-10,15,17H,2,6-7,11-12H2,1H3,(H,21,23). The van der Waals surface area contributed by atoms with Crippen LogP contribution in [0.15, 0.2) is 35.7 Å². The van der Waals surface area contributed by atoms with Crippen LogP contribution in [0.3, 0.4) is 0 Å². The van der Waals surface area contributed by atoms with Crippen molar-refractivity contribution in [2.75, 3.05) is 5.32 Å². The van der Waals surface area contributed by atoms with Gasteiger partial charge >= 0.3 is 0 Å². The second-order valence-electron chi connectivity index (χ2n) is 6.84. The molecule has 6 heteroatoms. The summed E-state index contributed by atoms with van der Waals surface area (Å²) < 4.78 is 5.97. The molecule has 1 aromatic carbocycles. The minimum atomic E-state index is -0.420. The molecule has 136 valence electrons. The Bertz CT molecular complexity index is 814. The van der Waals surface area contributed by atoms with E-state index in [1.807, 2.05) is 47.5 Å². The number of anilines is 1. The van der Waals surface area contributed by atoms with E-state index in [-0.39, 0.29) is 11.8 Å². The maximum Gasteiger partial charge on any atom is 0.264 e. The van der Waals surface area contributed by atoms with Gasteiger partial charge in [-0.25, -0.2) is 0 Å². The molecule has 1 aliphatic heterocycles. The summed E-state index contributed by atoms with van der Waals surface area (Å²) in [7, 11) is 0. The average Bonchev–Trinajstić information content (AvgIpc) is 3.36. The molecule has 1 unspecified atom stereocenters. The van der Waals surface area contributed by atoms with Crippen molar-refractivity contribution >= 4 is 28.8 Å². The first-order valence-electron chi connectivity index (χ1n) is 9.06. The van der Waals surface area contributed by atoms with Gasteiger partial charge in [-0.15, -0.1) is 11.3 Å². The zero-order valence-corrected chi connectivity index (χ0v) is 15.6. The minimum Gasteiger partial charge on any atom is -0.480 e. The number of nitrogens with one attached hydrogen (secondary N) is 1. The lowest BCUT2D eigenvalue weighted by Gasteiger charge is -2.22.